The van der Waals surface area contributed by atoms with Crippen LogP contribution in [0.2, 0.25) is 0 Å². The molecule has 2 aromatic carbocycles. The van der Waals surface area contributed by atoms with Crippen molar-refractivity contribution in [3.8, 4) is 17.1 Å². The van der Waals surface area contributed by atoms with E-state index in [1.165, 1.54) is 5.56 Å². The van der Waals surface area contributed by atoms with Crippen LogP contribution in [0.3, 0.4) is 0 Å². The summed E-state index contributed by atoms with van der Waals surface area (Å²) in [5.41, 5.74) is 4.27. The summed E-state index contributed by atoms with van der Waals surface area (Å²) < 4.78 is 7.42. The molecule has 0 bridgehead atoms. The van der Waals surface area contributed by atoms with Gasteiger partial charge in [0.2, 0.25) is 11.8 Å². The zero-order chi connectivity index (χ0) is 21.0. The first-order valence-corrected chi connectivity index (χ1v) is 10.7. The van der Waals surface area contributed by atoms with E-state index in [0.29, 0.717) is 17.8 Å². The quantitative estimate of drug-likeness (QED) is 0.507. The monoisotopic (exact) mass is 414 g/mol. The molecule has 7 nitrogen and oxygen atoms in total. The first-order chi connectivity index (χ1) is 15.2. The van der Waals surface area contributed by atoms with Gasteiger partial charge in [-0.1, -0.05) is 36.4 Å². The maximum absolute atomic E-state index is 5.54. The van der Waals surface area contributed by atoms with Crippen molar-refractivity contribution in [3.63, 3.8) is 0 Å². The van der Waals surface area contributed by atoms with Gasteiger partial charge < -0.3 is 9.73 Å². The molecule has 0 atom stereocenters. The van der Waals surface area contributed by atoms with Crippen LogP contribution in [-0.4, -0.2) is 44.0 Å². The Morgan fingerprint density at radius 3 is 2.65 bits per heavy atom. The molecule has 0 radical (unpaired) electrons. The van der Waals surface area contributed by atoms with Gasteiger partial charge in [-0.05, 0) is 36.6 Å². The molecule has 1 aliphatic rings. The number of piperidine rings is 1. The van der Waals surface area contributed by atoms with Gasteiger partial charge in [-0.3, -0.25) is 4.90 Å². The van der Waals surface area contributed by atoms with E-state index in [1.54, 1.807) is 6.92 Å². The Bertz CT molecular complexity index is 1130. The van der Waals surface area contributed by atoms with Gasteiger partial charge in [-0.25, -0.2) is 4.68 Å². The Kier molecular flexibility index (Phi) is 5.50. The van der Waals surface area contributed by atoms with Gasteiger partial charge in [-0.15, -0.1) is 10.2 Å². The second kappa shape index (κ2) is 8.73. The van der Waals surface area contributed by atoms with Crippen molar-refractivity contribution in [2.75, 3.05) is 18.4 Å². The molecule has 0 spiro atoms. The molecule has 0 aliphatic carbocycles. The van der Waals surface area contributed by atoms with Crippen LogP contribution in [0.15, 0.2) is 71.4 Å². The van der Waals surface area contributed by atoms with E-state index in [0.717, 1.165) is 49.4 Å². The van der Waals surface area contributed by atoms with E-state index >= 15 is 0 Å². The minimum absolute atomic E-state index is 0.470. The third-order valence-electron chi connectivity index (χ3n) is 5.67. The molecule has 1 fully saturated rings. The number of hydrogen-bond acceptors (Lipinski definition) is 6. The highest BCUT2D eigenvalue weighted by atomic mass is 16.4. The Hall–Kier alpha value is -3.45. The molecule has 1 aliphatic heterocycles. The maximum atomic E-state index is 5.54. The van der Waals surface area contributed by atoms with Crippen LogP contribution in [0.1, 0.15) is 24.3 Å². The van der Waals surface area contributed by atoms with Gasteiger partial charge in [0.1, 0.15) is 0 Å². The fourth-order valence-corrected chi connectivity index (χ4v) is 4.05. The van der Waals surface area contributed by atoms with Gasteiger partial charge in [0, 0.05) is 38.2 Å². The minimum Gasteiger partial charge on any atom is -0.421 e. The molecule has 3 heterocycles. The van der Waals surface area contributed by atoms with Gasteiger partial charge in [0.25, 0.3) is 0 Å². The molecule has 7 heteroatoms. The molecule has 2 aromatic heterocycles. The molecular weight excluding hydrogens is 388 g/mol. The van der Waals surface area contributed by atoms with Crippen molar-refractivity contribution < 1.29 is 4.42 Å². The lowest BCUT2D eigenvalue weighted by atomic mass is 10.0. The normalized spacial score (nSPS) is 15.3. The van der Waals surface area contributed by atoms with E-state index in [4.69, 9.17) is 4.42 Å². The Morgan fingerprint density at radius 2 is 1.87 bits per heavy atom. The second-order valence-electron chi connectivity index (χ2n) is 8.03. The lowest BCUT2D eigenvalue weighted by molar-refractivity contribution is 0.211. The highest BCUT2D eigenvalue weighted by Crippen LogP contribution is 2.22. The van der Waals surface area contributed by atoms with Crippen LogP contribution in [0, 0.1) is 6.92 Å². The molecule has 1 saturated heterocycles. The van der Waals surface area contributed by atoms with E-state index in [9.17, 15) is 0 Å². The fourth-order valence-electron chi connectivity index (χ4n) is 4.05. The zero-order valence-electron chi connectivity index (χ0n) is 17.6. The fraction of sp³-hybridized carbons (Fsp3) is 0.292. The van der Waals surface area contributed by atoms with Gasteiger partial charge in [0.05, 0.1) is 23.8 Å². The Balaban J connectivity index is 1.19. The molecule has 31 heavy (non-hydrogen) atoms. The molecule has 4 aromatic rings. The van der Waals surface area contributed by atoms with E-state index in [-0.39, 0.29) is 0 Å². The number of rotatable bonds is 6. The summed E-state index contributed by atoms with van der Waals surface area (Å²) in [5.74, 6) is 1.08. The number of aryl methyl sites for hydroxylation is 1. The van der Waals surface area contributed by atoms with Crippen molar-refractivity contribution in [1.82, 2.24) is 24.9 Å². The third-order valence-corrected chi connectivity index (χ3v) is 5.67. The topological polar surface area (TPSA) is 72.0 Å². The maximum Gasteiger partial charge on any atom is 0.247 e. The van der Waals surface area contributed by atoms with Crippen molar-refractivity contribution in [1.29, 1.82) is 0 Å². The van der Waals surface area contributed by atoms with Crippen molar-refractivity contribution in [3.05, 3.63) is 78.4 Å². The summed E-state index contributed by atoms with van der Waals surface area (Å²) in [5, 5.41) is 16.2. The van der Waals surface area contributed by atoms with Crippen LogP contribution in [0.25, 0.3) is 17.1 Å². The highest BCUT2D eigenvalue weighted by molar-refractivity contribution is 5.57. The number of aromatic nitrogens is 4. The minimum atomic E-state index is 0.470. The number of hydrogen-bond donors (Lipinski definition) is 1. The predicted molar refractivity (Wildman–Crippen MR) is 120 cm³/mol. The van der Waals surface area contributed by atoms with Crippen LogP contribution >= 0.6 is 0 Å². The summed E-state index contributed by atoms with van der Waals surface area (Å²) in [7, 11) is 0. The lowest BCUT2D eigenvalue weighted by Gasteiger charge is -2.32. The van der Waals surface area contributed by atoms with E-state index in [2.05, 4.69) is 55.8 Å². The average Bonchev–Trinajstić information content (AvgIpc) is 3.45. The highest BCUT2D eigenvalue weighted by Gasteiger charge is 2.19. The van der Waals surface area contributed by atoms with Crippen molar-refractivity contribution in [2.24, 2.45) is 0 Å². The smallest absolute Gasteiger partial charge is 0.247 e. The van der Waals surface area contributed by atoms with Crippen LogP contribution < -0.4 is 5.32 Å². The molecule has 158 valence electrons. The summed E-state index contributed by atoms with van der Waals surface area (Å²) in [6, 6.07) is 19.1. The van der Waals surface area contributed by atoms with Crippen molar-refractivity contribution in [2.45, 2.75) is 32.4 Å². The Labute approximate surface area is 181 Å². The van der Waals surface area contributed by atoms with Crippen LogP contribution in [-0.2, 0) is 6.54 Å². The Morgan fingerprint density at radius 1 is 1.03 bits per heavy atom. The molecule has 1 N–H and O–H groups in total. The summed E-state index contributed by atoms with van der Waals surface area (Å²) in [6.07, 6.45) is 6.18. The van der Waals surface area contributed by atoms with E-state index in [1.807, 2.05) is 41.3 Å². The number of nitrogens with one attached hydrogen (secondary N) is 1. The number of likely N-dealkylation sites (tertiary alicyclic amines) is 1. The number of benzene rings is 2. The van der Waals surface area contributed by atoms with Crippen LogP contribution in [0.5, 0.6) is 0 Å². The first kappa shape index (κ1) is 19.5. The van der Waals surface area contributed by atoms with Crippen LogP contribution in [0.4, 0.5) is 5.69 Å². The largest absolute Gasteiger partial charge is 0.421 e. The second-order valence-corrected chi connectivity index (χ2v) is 8.03. The molecule has 0 saturated carbocycles. The van der Waals surface area contributed by atoms with Gasteiger partial charge >= 0.3 is 0 Å². The average molecular weight is 415 g/mol. The molecule has 5 rings (SSSR count). The van der Waals surface area contributed by atoms with Gasteiger partial charge in [-0.2, -0.15) is 5.10 Å². The van der Waals surface area contributed by atoms with Gasteiger partial charge in [0.15, 0.2) is 0 Å². The molecular formula is C24H26N6O. The number of anilines is 1. The predicted octanol–water partition coefficient (Wildman–Crippen LogP) is 4.31. The van der Waals surface area contributed by atoms with E-state index < -0.39 is 0 Å². The van der Waals surface area contributed by atoms with Crippen molar-refractivity contribution >= 4 is 5.69 Å². The number of nitrogens with zero attached hydrogens (tertiary/aromatic N) is 5. The summed E-state index contributed by atoms with van der Waals surface area (Å²) in [6.45, 7) is 5.03. The summed E-state index contributed by atoms with van der Waals surface area (Å²) >= 11 is 0. The summed E-state index contributed by atoms with van der Waals surface area (Å²) in [4.78, 5) is 2.53. The lowest BCUT2D eigenvalue weighted by Crippen LogP contribution is -2.38. The molecule has 0 amide bonds. The standard InChI is InChI=1S/C24H26N6O/c1-18-27-28-24(31-18)20-8-5-9-23(14-20)30-17-22(15-25-30)26-21-10-12-29(13-11-21)16-19-6-3-2-4-7-19/h2-9,14-15,17,21,26H,10-13,16H2,1H3. The third kappa shape index (κ3) is 4.67. The zero-order valence-corrected chi connectivity index (χ0v) is 17.6. The molecule has 0 unspecified atom stereocenters. The first-order valence-electron chi connectivity index (χ1n) is 10.7. The SMILES string of the molecule is Cc1nnc(-c2cccc(-n3cc(NC4CCN(Cc5ccccc5)CC4)cn3)c2)o1.